The summed E-state index contributed by atoms with van der Waals surface area (Å²) in [6.45, 7) is 8.61. The highest BCUT2D eigenvalue weighted by Gasteiger charge is 2.17. The summed E-state index contributed by atoms with van der Waals surface area (Å²) in [6.07, 6.45) is 3.85. The molecule has 0 amide bonds. The van der Waals surface area contributed by atoms with Crippen molar-refractivity contribution in [3.63, 3.8) is 0 Å². The van der Waals surface area contributed by atoms with E-state index in [9.17, 15) is 4.79 Å². The van der Waals surface area contributed by atoms with E-state index in [0.29, 0.717) is 15.3 Å². The summed E-state index contributed by atoms with van der Waals surface area (Å²) in [6, 6.07) is 26.4. The van der Waals surface area contributed by atoms with Gasteiger partial charge in [-0.2, -0.15) is 14.6 Å². The minimum atomic E-state index is -0.183. The second-order valence-corrected chi connectivity index (χ2v) is 11.5. The van der Waals surface area contributed by atoms with Crippen LogP contribution in [0.25, 0.3) is 39.4 Å². The molecule has 0 aliphatic carbocycles. The number of aromatic nitrogens is 5. The van der Waals surface area contributed by atoms with E-state index in [0.717, 1.165) is 28.1 Å². The zero-order chi connectivity index (χ0) is 26.4. The predicted molar refractivity (Wildman–Crippen MR) is 154 cm³/mol. The Kier molecular flexibility index (Phi) is 5.80. The number of nitrogens with zero attached hydrogens (tertiary/aromatic N) is 5. The quantitative estimate of drug-likeness (QED) is 0.295. The van der Waals surface area contributed by atoms with Crippen molar-refractivity contribution in [3.8, 4) is 28.3 Å². The van der Waals surface area contributed by atoms with Crippen LogP contribution in [0.1, 0.15) is 37.5 Å². The molecule has 0 atom stereocenters. The molecule has 0 radical (unpaired) electrons. The molecule has 38 heavy (non-hydrogen) atoms. The van der Waals surface area contributed by atoms with Crippen LogP contribution in [-0.2, 0) is 5.41 Å². The van der Waals surface area contributed by atoms with Crippen molar-refractivity contribution >= 4 is 22.4 Å². The van der Waals surface area contributed by atoms with Crippen molar-refractivity contribution < 1.29 is 0 Å². The van der Waals surface area contributed by atoms with Crippen molar-refractivity contribution in [2.45, 2.75) is 33.1 Å². The highest BCUT2D eigenvalue weighted by molar-refractivity contribution is 7.15. The summed E-state index contributed by atoms with van der Waals surface area (Å²) in [5.41, 5.74) is 6.81. The maximum Gasteiger partial charge on any atom is 0.291 e. The molecule has 6 aromatic rings. The van der Waals surface area contributed by atoms with Gasteiger partial charge in [-0.1, -0.05) is 104 Å². The lowest BCUT2D eigenvalue weighted by Crippen LogP contribution is -2.23. The van der Waals surface area contributed by atoms with Gasteiger partial charge in [-0.15, -0.1) is 5.10 Å². The fraction of sp³-hybridized carbons (Fsp3) is 0.161. The first-order valence-electron chi connectivity index (χ1n) is 12.5. The highest BCUT2D eigenvalue weighted by Crippen LogP contribution is 2.26. The standard InChI is InChI=1S/C31H27N5OS/c1-20-10-12-21(13-11-20)27-23(19-35(33-27)25-8-6-5-7-9-25)18-26-29(37)36-30(38-26)32-28(34-36)22-14-16-24(17-15-22)31(2,3)4/h5-19H,1-4H3/b26-18-. The van der Waals surface area contributed by atoms with Gasteiger partial charge >= 0.3 is 0 Å². The average molecular weight is 518 g/mol. The van der Waals surface area contributed by atoms with Gasteiger partial charge in [-0.05, 0) is 36.1 Å². The molecular weight excluding hydrogens is 490 g/mol. The van der Waals surface area contributed by atoms with Crippen molar-refractivity contribution in [2.24, 2.45) is 0 Å². The van der Waals surface area contributed by atoms with Crippen LogP contribution < -0.4 is 10.1 Å². The topological polar surface area (TPSA) is 65.1 Å². The van der Waals surface area contributed by atoms with Crippen LogP contribution in [0.4, 0.5) is 0 Å². The van der Waals surface area contributed by atoms with E-state index in [-0.39, 0.29) is 11.0 Å². The summed E-state index contributed by atoms with van der Waals surface area (Å²) in [7, 11) is 0. The van der Waals surface area contributed by atoms with Crippen LogP contribution in [0, 0.1) is 6.92 Å². The molecule has 6 rings (SSSR count). The molecule has 0 fully saturated rings. The molecule has 0 saturated heterocycles. The Balaban J connectivity index is 1.43. The maximum absolute atomic E-state index is 13.3. The first-order valence-corrected chi connectivity index (χ1v) is 13.3. The molecule has 0 saturated carbocycles. The van der Waals surface area contributed by atoms with E-state index in [1.54, 1.807) is 0 Å². The van der Waals surface area contributed by atoms with Crippen LogP contribution in [-0.4, -0.2) is 24.4 Å². The van der Waals surface area contributed by atoms with Gasteiger partial charge in [-0.3, -0.25) is 4.79 Å². The minimum Gasteiger partial charge on any atom is -0.266 e. The molecule has 0 aliphatic rings. The third-order valence-corrected chi connectivity index (χ3v) is 7.53. The number of aryl methyl sites for hydroxylation is 1. The zero-order valence-corrected chi connectivity index (χ0v) is 22.5. The Hall–Kier alpha value is -4.36. The van der Waals surface area contributed by atoms with Gasteiger partial charge in [0, 0.05) is 22.9 Å². The van der Waals surface area contributed by atoms with Crippen LogP contribution in [0.3, 0.4) is 0 Å². The first-order chi connectivity index (χ1) is 18.3. The number of hydrogen-bond acceptors (Lipinski definition) is 5. The molecule has 0 aliphatic heterocycles. The summed E-state index contributed by atoms with van der Waals surface area (Å²) < 4.78 is 3.81. The van der Waals surface area contributed by atoms with Gasteiger partial charge in [0.2, 0.25) is 4.96 Å². The molecule has 0 bridgehead atoms. The van der Waals surface area contributed by atoms with Gasteiger partial charge in [0.15, 0.2) is 5.82 Å². The Labute approximate surface area is 224 Å². The van der Waals surface area contributed by atoms with Crippen molar-refractivity contribution in [2.75, 3.05) is 0 Å². The smallest absolute Gasteiger partial charge is 0.266 e. The molecule has 0 unspecified atom stereocenters. The molecule has 7 heteroatoms. The predicted octanol–water partition coefficient (Wildman–Crippen LogP) is 5.82. The van der Waals surface area contributed by atoms with Crippen LogP contribution >= 0.6 is 11.3 Å². The van der Waals surface area contributed by atoms with E-state index in [4.69, 9.17) is 5.10 Å². The van der Waals surface area contributed by atoms with Gasteiger partial charge in [0.25, 0.3) is 5.56 Å². The Morgan fingerprint density at radius 3 is 2.18 bits per heavy atom. The van der Waals surface area contributed by atoms with Gasteiger partial charge < -0.3 is 0 Å². The summed E-state index contributed by atoms with van der Waals surface area (Å²) in [4.78, 5) is 18.6. The third-order valence-electron chi connectivity index (χ3n) is 6.57. The lowest BCUT2D eigenvalue weighted by atomic mass is 9.87. The first kappa shape index (κ1) is 24.0. The SMILES string of the molecule is Cc1ccc(-c2nn(-c3ccccc3)cc2/C=c2\sc3nc(-c4ccc(C(C)(C)C)cc4)nn3c2=O)cc1. The van der Waals surface area contributed by atoms with Gasteiger partial charge in [0.1, 0.15) is 0 Å². The van der Waals surface area contributed by atoms with Crippen LogP contribution in [0.5, 0.6) is 0 Å². The number of fused-ring (bicyclic) bond motifs is 1. The fourth-order valence-electron chi connectivity index (χ4n) is 4.36. The lowest BCUT2D eigenvalue weighted by molar-refractivity contribution is 0.590. The van der Waals surface area contributed by atoms with E-state index in [1.165, 1.54) is 27.0 Å². The van der Waals surface area contributed by atoms with Crippen LogP contribution in [0.15, 0.2) is 89.9 Å². The third kappa shape index (κ3) is 4.46. The van der Waals surface area contributed by atoms with Gasteiger partial charge in [-0.25, -0.2) is 4.68 Å². The highest BCUT2D eigenvalue weighted by atomic mass is 32.1. The second kappa shape index (κ2) is 9.19. The minimum absolute atomic E-state index is 0.0686. The van der Waals surface area contributed by atoms with Crippen molar-refractivity contribution in [1.29, 1.82) is 0 Å². The van der Waals surface area contributed by atoms with Gasteiger partial charge in [0.05, 0.1) is 15.9 Å². The normalized spacial score (nSPS) is 12.5. The number of benzene rings is 3. The number of thiazole rings is 1. The summed E-state index contributed by atoms with van der Waals surface area (Å²) in [5.74, 6) is 0.553. The fourth-order valence-corrected chi connectivity index (χ4v) is 5.26. The largest absolute Gasteiger partial charge is 0.291 e. The molecule has 0 spiro atoms. The molecule has 6 nitrogen and oxygen atoms in total. The Bertz CT molecular complexity index is 1860. The number of rotatable bonds is 4. The number of hydrogen-bond donors (Lipinski definition) is 0. The molecule has 3 heterocycles. The molecule has 3 aromatic heterocycles. The van der Waals surface area contributed by atoms with Crippen molar-refractivity contribution in [1.82, 2.24) is 24.4 Å². The second-order valence-electron chi connectivity index (χ2n) is 10.5. The van der Waals surface area contributed by atoms with E-state index in [2.05, 4.69) is 74.2 Å². The molecule has 3 aromatic carbocycles. The average Bonchev–Trinajstić information content (AvgIpc) is 3.60. The monoisotopic (exact) mass is 517 g/mol. The molecule has 188 valence electrons. The molecular formula is C31H27N5OS. The lowest BCUT2D eigenvalue weighted by Gasteiger charge is -2.18. The maximum atomic E-state index is 13.3. The Morgan fingerprint density at radius 2 is 1.53 bits per heavy atom. The molecule has 0 N–H and O–H groups in total. The number of para-hydroxylation sites is 1. The summed E-state index contributed by atoms with van der Waals surface area (Å²) in [5, 5.41) is 9.42. The van der Waals surface area contributed by atoms with Crippen LogP contribution in [0.2, 0.25) is 0 Å². The van der Waals surface area contributed by atoms with E-state index < -0.39 is 0 Å². The zero-order valence-electron chi connectivity index (χ0n) is 21.7. The van der Waals surface area contributed by atoms with Crippen molar-refractivity contribution in [3.05, 3.63) is 117 Å². The summed E-state index contributed by atoms with van der Waals surface area (Å²) >= 11 is 1.34. The van der Waals surface area contributed by atoms with E-state index >= 15 is 0 Å². The Morgan fingerprint density at radius 1 is 0.842 bits per heavy atom. The van der Waals surface area contributed by atoms with E-state index in [1.807, 2.05) is 59.4 Å².